The number of hydrogen-bond acceptors (Lipinski definition) is 8. The molecule has 42 heavy (non-hydrogen) atoms. The average molecular weight is 645 g/mol. The van der Waals surface area contributed by atoms with Crippen LogP contribution in [0, 0.1) is 0 Å². The van der Waals surface area contributed by atoms with E-state index >= 15 is 0 Å². The van der Waals surface area contributed by atoms with E-state index in [1.54, 1.807) is 48.5 Å². The highest BCUT2D eigenvalue weighted by Crippen LogP contribution is 2.38. The largest absolute Gasteiger partial charge is 0.224 e. The summed E-state index contributed by atoms with van der Waals surface area (Å²) in [4.78, 5) is 0.424. The maximum atomic E-state index is 12.2. The van der Waals surface area contributed by atoms with E-state index in [2.05, 4.69) is 0 Å². The third kappa shape index (κ3) is 7.06. The van der Waals surface area contributed by atoms with Gasteiger partial charge in [0.15, 0.2) is 39.3 Å². The highest BCUT2D eigenvalue weighted by atomic mass is 32.2. The van der Waals surface area contributed by atoms with E-state index in [9.17, 15) is 33.7 Å². The number of benzene rings is 4. The lowest BCUT2D eigenvalue weighted by atomic mass is 9.86. The molecule has 8 nitrogen and oxygen atoms in total. The van der Waals surface area contributed by atoms with Gasteiger partial charge in [0.25, 0.3) is 0 Å². The van der Waals surface area contributed by atoms with E-state index in [4.69, 9.17) is 0 Å². The van der Waals surface area contributed by atoms with Gasteiger partial charge >= 0.3 is 0 Å². The van der Waals surface area contributed by atoms with Crippen LogP contribution in [0.4, 0.5) is 0 Å². The van der Waals surface area contributed by atoms with Gasteiger partial charge in [-0.25, -0.2) is 33.7 Å². The van der Waals surface area contributed by atoms with E-state index in [1.807, 2.05) is 0 Å². The molecule has 4 aromatic carbocycles. The average Bonchev–Trinajstić information content (AvgIpc) is 2.90. The molecule has 0 N–H and O–H groups in total. The topological polar surface area (TPSA) is 137 Å². The van der Waals surface area contributed by atoms with Gasteiger partial charge in [-0.2, -0.15) is 0 Å². The zero-order valence-corrected chi connectivity index (χ0v) is 26.4. The molecule has 4 aromatic rings. The van der Waals surface area contributed by atoms with Crippen molar-refractivity contribution < 1.29 is 33.7 Å². The molecule has 0 amide bonds. The lowest BCUT2D eigenvalue weighted by Crippen LogP contribution is -2.02. The predicted octanol–water partition coefficient (Wildman–Crippen LogP) is 4.31. The van der Waals surface area contributed by atoms with Crippen molar-refractivity contribution in [1.29, 1.82) is 0 Å². The Balaban J connectivity index is 2.11. The number of sulfone groups is 4. The fourth-order valence-corrected chi connectivity index (χ4v) is 6.91. The smallest absolute Gasteiger partial charge is 0.175 e. The van der Waals surface area contributed by atoms with Crippen LogP contribution in [0.15, 0.2) is 117 Å². The highest BCUT2D eigenvalue weighted by molar-refractivity contribution is 7.91. The van der Waals surface area contributed by atoms with Crippen LogP contribution in [0.3, 0.4) is 0 Å². The van der Waals surface area contributed by atoms with Crippen LogP contribution in [0.25, 0.3) is 11.1 Å². The van der Waals surface area contributed by atoms with Crippen molar-refractivity contribution in [3.63, 3.8) is 0 Å². The van der Waals surface area contributed by atoms with Crippen molar-refractivity contribution in [2.75, 3.05) is 25.0 Å². The first-order chi connectivity index (χ1) is 19.4. The third-order valence-corrected chi connectivity index (χ3v) is 11.0. The standard InChI is InChI=1S/C30H28O8S4/c1-39(31,32)25-13-5-21(6-14-25)29(22-7-15-26(16-8-22)40(2,33)34)30(23-9-17-27(18-10-23)41(3,35)36)24-11-19-28(20-12-24)42(4,37)38/h5-20H,1-4H3. The van der Waals surface area contributed by atoms with Crippen LogP contribution in [-0.4, -0.2) is 58.7 Å². The monoisotopic (exact) mass is 644 g/mol. The molecule has 12 heteroatoms. The molecular weight excluding hydrogens is 617 g/mol. The lowest BCUT2D eigenvalue weighted by Gasteiger charge is -2.19. The molecule has 0 aliphatic rings. The Morgan fingerprint density at radius 3 is 0.571 bits per heavy atom. The molecule has 0 saturated heterocycles. The van der Waals surface area contributed by atoms with E-state index < -0.39 is 39.3 Å². The Hall–Kier alpha value is -3.58. The second kappa shape index (κ2) is 11.3. The molecule has 0 aromatic heterocycles. The van der Waals surface area contributed by atoms with Crippen LogP contribution in [0.2, 0.25) is 0 Å². The first kappa shape index (κ1) is 31.4. The molecule has 0 atom stereocenters. The van der Waals surface area contributed by atoms with Gasteiger partial charge in [0, 0.05) is 25.0 Å². The molecule has 0 heterocycles. The Kier molecular flexibility index (Phi) is 8.40. The van der Waals surface area contributed by atoms with Crippen LogP contribution in [0.1, 0.15) is 22.3 Å². The van der Waals surface area contributed by atoms with E-state index in [0.717, 1.165) is 25.0 Å². The van der Waals surface area contributed by atoms with Gasteiger partial charge in [-0.05, 0) is 81.9 Å². The van der Waals surface area contributed by atoms with Crippen LogP contribution < -0.4 is 0 Å². The Morgan fingerprint density at radius 2 is 0.452 bits per heavy atom. The lowest BCUT2D eigenvalue weighted by molar-refractivity contribution is 0.600. The molecule has 4 rings (SSSR count). The Labute approximate surface area is 247 Å². The Bertz CT molecular complexity index is 1800. The van der Waals surface area contributed by atoms with Gasteiger partial charge in [0.05, 0.1) is 19.6 Å². The van der Waals surface area contributed by atoms with E-state index in [0.29, 0.717) is 33.4 Å². The minimum atomic E-state index is -3.49. The second-order valence-corrected chi connectivity index (χ2v) is 18.0. The van der Waals surface area contributed by atoms with Crippen molar-refractivity contribution in [2.24, 2.45) is 0 Å². The normalized spacial score (nSPS) is 12.6. The fourth-order valence-electron chi connectivity index (χ4n) is 4.39. The molecule has 0 bridgehead atoms. The summed E-state index contributed by atoms with van der Waals surface area (Å²) in [6, 6.07) is 24.8. The molecule has 0 spiro atoms. The fraction of sp³-hybridized carbons (Fsp3) is 0.133. The van der Waals surface area contributed by atoms with Crippen LogP contribution in [-0.2, 0) is 39.3 Å². The van der Waals surface area contributed by atoms with E-state index in [-0.39, 0.29) is 19.6 Å². The molecule has 0 fully saturated rings. The minimum Gasteiger partial charge on any atom is -0.224 e. The molecule has 0 aliphatic carbocycles. The first-order valence-corrected chi connectivity index (χ1v) is 19.9. The van der Waals surface area contributed by atoms with Gasteiger partial charge < -0.3 is 0 Å². The van der Waals surface area contributed by atoms with Crippen molar-refractivity contribution in [3.05, 3.63) is 119 Å². The summed E-state index contributed by atoms with van der Waals surface area (Å²) in [5, 5.41) is 0. The summed E-state index contributed by atoms with van der Waals surface area (Å²) in [5.41, 5.74) is 3.50. The summed E-state index contributed by atoms with van der Waals surface area (Å²) < 4.78 is 97.2. The summed E-state index contributed by atoms with van der Waals surface area (Å²) in [6.45, 7) is 0. The maximum Gasteiger partial charge on any atom is 0.175 e. The van der Waals surface area contributed by atoms with Crippen molar-refractivity contribution >= 4 is 50.5 Å². The quantitative estimate of drug-likeness (QED) is 0.259. The van der Waals surface area contributed by atoms with Gasteiger partial charge in [-0.1, -0.05) is 48.5 Å². The zero-order valence-electron chi connectivity index (χ0n) is 23.1. The number of hydrogen-bond donors (Lipinski definition) is 0. The predicted molar refractivity (Wildman–Crippen MR) is 163 cm³/mol. The zero-order chi connectivity index (χ0) is 31.1. The van der Waals surface area contributed by atoms with Gasteiger partial charge in [-0.15, -0.1) is 0 Å². The Morgan fingerprint density at radius 1 is 0.310 bits per heavy atom. The van der Waals surface area contributed by atoms with E-state index in [1.165, 1.54) is 48.5 Å². The van der Waals surface area contributed by atoms with Crippen LogP contribution >= 0.6 is 0 Å². The van der Waals surface area contributed by atoms with Crippen molar-refractivity contribution in [3.8, 4) is 0 Å². The molecule has 0 unspecified atom stereocenters. The SMILES string of the molecule is CS(=O)(=O)c1ccc(C(=C(c2ccc(S(C)(=O)=O)cc2)c2ccc(S(C)(=O)=O)cc2)c2ccc(S(C)(=O)=O)cc2)cc1. The van der Waals surface area contributed by atoms with Gasteiger partial charge in [0.1, 0.15) is 0 Å². The third-order valence-electron chi connectivity index (χ3n) is 6.53. The van der Waals surface area contributed by atoms with Crippen molar-refractivity contribution in [1.82, 2.24) is 0 Å². The summed E-state index contributed by atoms with van der Waals surface area (Å²) in [5.74, 6) is 0. The molecule has 220 valence electrons. The minimum absolute atomic E-state index is 0.106. The first-order valence-electron chi connectivity index (χ1n) is 12.3. The van der Waals surface area contributed by atoms with Gasteiger partial charge in [-0.3, -0.25) is 0 Å². The number of rotatable bonds is 8. The van der Waals surface area contributed by atoms with Crippen molar-refractivity contribution in [2.45, 2.75) is 19.6 Å². The summed E-state index contributed by atoms with van der Waals surface area (Å²) in [7, 11) is -14.0. The maximum absolute atomic E-state index is 12.2. The highest BCUT2D eigenvalue weighted by Gasteiger charge is 2.20. The molecule has 0 saturated carbocycles. The summed E-state index contributed by atoms with van der Waals surface area (Å²) >= 11 is 0. The van der Waals surface area contributed by atoms with Gasteiger partial charge in [0.2, 0.25) is 0 Å². The molecule has 0 aliphatic heterocycles. The molecule has 0 radical (unpaired) electrons. The molecular formula is C30H28O8S4. The van der Waals surface area contributed by atoms with Crippen LogP contribution in [0.5, 0.6) is 0 Å². The summed E-state index contributed by atoms with van der Waals surface area (Å²) in [6.07, 6.45) is 4.39. The second-order valence-electron chi connectivity index (χ2n) is 9.94.